The normalized spacial score (nSPS) is 18.8. The standard InChI is InChI=1S/C14H19ClN2O.ClH/c15-13-7-2-1-5-11(13)9-14(18)17-8-4-3-6-12(17)10-16;/h1-2,5,7,12H,3-4,6,8-10,16H2;1H. The molecule has 2 rings (SSSR count). The van der Waals surface area contributed by atoms with Crippen LogP contribution in [-0.4, -0.2) is 29.9 Å². The Hall–Kier alpha value is -0.770. The first-order chi connectivity index (χ1) is 8.72. The molecule has 2 N–H and O–H groups in total. The summed E-state index contributed by atoms with van der Waals surface area (Å²) in [5.41, 5.74) is 6.63. The quantitative estimate of drug-likeness (QED) is 0.933. The Morgan fingerprint density at radius 3 is 2.79 bits per heavy atom. The monoisotopic (exact) mass is 302 g/mol. The minimum absolute atomic E-state index is 0. The highest BCUT2D eigenvalue weighted by molar-refractivity contribution is 6.31. The lowest BCUT2D eigenvalue weighted by atomic mass is 10.0. The second-order valence-electron chi connectivity index (χ2n) is 4.74. The van der Waals surface area contributed by atoms with E-state index in [-0.39, 0.29) is 24.4 Å². The summed E-state index contributed by atoms with van der Waals surface area (Å²) in [6.45, 7) is 1.37. The predicted octanol–water partition coefficient (Wildman–Crippen LogP) is 2.64. The maximum atomic E-state index is 12.3. The van der Waals surface area contributed by atoms with Gasteiger partial charge >= 0.3 is 0 Å². The number of halogens is 2. The zero-order valence-electron chi connectivity index (χ0n) is 10.8. The Labute approximate surface area is 125 Å². The molecule has 1 heterocycles. The van der Waals surface area contributed by atoms with Crippen LogP contribution in [0.2, 0.25) is 5.02 Å². The minimum Gasteiger partial charge on any atom is -0.338 e. The number of hydrogen-bond acceptors (Lipinski definition) is 2. The maximum absolute atomic E-state index is 12.3. The molecule has 1 aromatic carbocycles. The summed E-state index contributed by atoms with van der Waals surface area (Å²) in [7, 11) is 0. The van der Waals surface area contributed by atoms with E-state index in [9.17, 15) is 4.79 Å². The van der Waals surface area contributed by atoms with Crippen molar-refractivity contribution in [3.63, 3.8) is 0 Å². The molecular weight excluding hydrogens is 283 g/mol. The molecule has 106 valence electrons. The van der Waals surface area contributed by atoms with Crippen molar-refractivity contribution in [2.24, 2.45) is 5.73 Å². The second kappa shape index (κ2) is 7.73. The number of carbonyl (C=O) groups is 1. The molecule has 1 aromatic rings. The lowest BCUT2D eigenvalue weighted by Crippen LogP contribution is -2.48. The van der Waals surface area contributed by atoms with Crippen molar-refractivity contribution < 1.29 is 4.79 Å². The third-order valence-electron chi connectivity index (χ3n) is 3.52. The van der Waals surface area contributed by atoms with Gasteiger partial charge in [-0.15, -0.1) is 12.4 Å². The van der Waals surface area contributed by atoms with Crippen LogP contribution in [0.25, 0.3) is 0 Å². The van der Waals surface area contributed by atoms with Crippen molar-refractivity contribution in [2.45, 2.75) is 31.7 Å². The summed E-state index contributed by atoms with van der Waals surface area (Å²) < 4.78 is 0. The molecule has 1 atom stereocenters. The second-order valence-corrected chi connectivity index (χ2v) is 5.15. The van der Waals surface area contributed by atoms with Crippen molar-refractivity contribution in [1.82, 2.24) is 4.90 Å². The van der Waals surface area contributed by atoms with Crippen LogP contribution in [0.5, 0.6) is 0 Å². The molecule has 1 aliphatic heterocycles. The Bertz CT molecular complexity index is 426. The van der Waals surface area contributed by atoms with Gasteiger partial charge in [-0.05, 0) is 30.9 Å². The van der Waals surface area contributed by atoms with E-state index in [1.807, 2.05) is 29.2 Å². The maximum Gasteiger partial charge on any atom is 0.227 e. The van der Waals surface area contributed by atoms with Crippen LogP contribution in [-0.2, 0) is 11.2 Å². The van der Waals surface area contributed by atoms with Gasteiger partial charge in [-0.3, -0.25) is 4.79 Å². The molecule has 3 nitrogen and oxygen atoms in total. The van der Waals surface area contributed by atoms with Crippen molar-refractivity contribution in [3.8, 4) is 0 Å². The summed E-state index contributed by atoms with van der Waals surface area (Å²) in [4.78, 5) is 14.2. The molecule has 0 aliphatic carbocycles. The highest BCUT2D eigenvalue weighted by atomic mass is 35.5. The van der Waals surface area contributed by atoms with Gasteiger partial charge in [-0.2, -0.15) is 0 Å². The molecule has 1 amide bonds. The van der Waals surface area contributed by atoms with Crippen molar-refractivity contribution in [2.75, 3.05) is 13.1 Å². The van der Waals surface area contributed by atoms with Crippen molar-refractivity contribution in [3.05, 3.63) is 34.9 Å². The molecule has 0 bridgehead atoms. The van der Waals surface area contributed by atoms with Gasteiger partial charge in [0.2, 0.25) is 5.91 Å². The van der Waals surface area contributed by atoms with Crippen LogP contribution in [0.4, 0.5) is 0 Å². The lowest BCUT2D eigenvalue weighted by Gasteiger charge is -2.35. The van der Waals surface area contributed by atoms with E-state index in [4.69, 9.17) is 17.3 Å². The van der Waals surface area contributed by atoms with E-state index in [1.54, 1.807) is 0 Å². The van der Waals surface area contributed by atoms with Gasteiger partial charge in [0.25, 0.3) is 0 Å². The third-order valence-corrected chi connectivity index (χ3v) is 3.89. The number of amides is 1. The number of hydrogen-bond donors (Lipinski definition) is 1. The van der Waals surface area contributed by atoms with Gasteiger partial charge in [-0.25, -0.2) is 0 Å². The van der Waals surface area contributed by atoms with Gasteiger partial charge in [0.05, 0.1) is 6.42 Å². The van der Waals surface area contributed by atoms with E-state index in [0.717, 1.165) is 31.4 Å². The summed E-state index contributed by atoms with van der Waals surface area (Å²) >= 11 is 6.08. The molecule has 0 aromatic heterocycles. The van der Waals surface area contributed by atoms with Gasteiger partial charge in [0.1, 0.15) is 0 Å². The summed E-state index contributed by atoms with van der Waals surface area (Å²) in [5, 5.41) is 0.659. The van der Waals surface area contributed by atoms with Crippen molar-refractivity contribution >= 4 is 29.9 Å². The number of benzene rings is 1. The number of nitrogens with zero attached hydrogens (tertiary/aromatic N) is 1. The van der Waals surface area contributed by atoms with Crippen LogP contribution in [0, 0.1) is 0 Å². The average Bonchev–Trinajstić information content (AvgIpc) is 2.41. The molecule has 1 aliphatic rings. The largest absolute Gasteiger partial charge is 0.338 e. The van der Waals surface area contributed by atoms with Crippen LogP contribution >= 0.6 is 24.0 Å². The molecule has 1 unspecified atom stereocenters. The highest BCUT2D eigenvalue weighted by Gasteiger charge is 2.25. The molecule has 19 heavy (non-hydrogen) atoms. The third kappa shape index (κ3) is 4.10. The van der Waals surface area contributed by atoms with Crippen molar-refractivity contribution in [1.29, 1.82) is 0 Å². The SMILES string of the molecule is Cl.NCC1CCCCN1C(=O)Cc1ccccc1Cl. The van der Waals surface area contributed by atoms with Gasteiger partial charge < -0.3 is 10.6 Å². The highest BCUT2D eigenvalue weighted by Crippen LogP contribution is 2.20. The van der Waals surface area contributed by atoms with Gasteiger partial charge in [-0.1, -0.05) is 29.8 Å². The number of rotatable bonds is 3. The molecule has 0 radical (unpaired) electrons. The average molecular weight is 303 g/mol. The fraction of sp³-hybridized carbons (Fsp3) is 0.500. The number of likely N-dealkylation sites (tertiary alicyclic amines) is 1. The fourth-order valence-electron chi connectivity index (χ4n) is 2.48. The van der Waals surface area contributed by atoms with E-state index in [0.29, 0.717) is 18.0 Å². The summed E-state index contributed by atoms with van der Waals surface area (Å²) in [6, 6.07) is 7.71. The van der Waals surface area contributed by atoms with Crippen LogP contribution in [0.3, 0.4) is 0 Å². The number of nitrogens with two attached hydrogens (primary N) is 1. The molecular formula is C14H20Cl2N2O. The minimum atomic E-state index is 0. The fourth-order valence-corrected chi connectivity index (χ4v) is 2.68. The molecule has 1 fully saturated rings. The van der Waals surface area contributed by atoms with E-state index < -0.39 is 0 Å². The smallest absolute Gasteiger partial charge is 0.227 e. The first kappa shape index (κ1) is 16.3. The number of piperidine rings is 1. The number of carbonyl (C=O) groups excluding carboxylic acids is 1. The molecule has 1 saturated heterocycles. The predicted molar refractivity (Wildman–Crippen MR) is 80.8 cm³/mol. The van der Waals surface area contributed by atoms with E-state index >= 15 is 0 Å². The van der Waals surface area contributed by atoms with Gasteiger partial charge in [0.15, 0.2) is 0 Å². The Kier molecular flexibility index (Phi) is 6.63. The Morgan fingerprint density at radius 1 is 1.37 bits per heavy atom. The summed E-state index contributed by atoms with van der Waals surface area (Å²) in [6.07, 6.45) is 3.63. The zero-order valence-corrected chi connectivity index (χ0v) is 12.4. The first-order valence-electron chi connectivity index (χ1n) is 6.45. The molecule has 0 saturated carbocycles. The topological polar surface area (TPSA) is 46.3 Å². The lowest BCUT2D eigenvalue weighted by molar-refractivity contribution is -0.133. The van der Waals surface area contributed by atoms with Gasteiger partial charge in [0, 0.05) is 24.2 Å². The zero-order chi connectivity index (χ0) is 13.0. The van der Waals surface area contributed by atoms with Crippen LogP contribution in [0.1, 0.15) is 24.8 Å². The van der Waals surface area contributed by atoms with Crippen LogP contribution < -0.4 is 5.73 Å². The summed E-state index contributed by atoms with van der Waals surface area (Å²) in [5.74, 6) is 0.137. The Balaban J connectivity index is 0.00000180. The van der Waals surface area contributed by atoms with E-state index in [2.05, 4.69) is 0 Å². The first-order valence-corrected chi connectivity index (χ1v) is 6.83. The Morgan fingerprint density at radius 2 is 2.11 bits per heavy atom. The van der Waals surface area contributed by atoms with E-state index in [1.165, 1.54) is 0 Å². The molecule has 5 heteroatoms. The molecule has 0 spiro atoms. The van der Waals surface area contributed by atoms with Crippen LogP contribution in [0.15, 0.2) is 24.3 Å².